The molecule has 0 bridgehead atoms. The van der Waals surface area contributed by atoms with Crippen LogP contribution < -0.4 is 5.32 Å². The Balaban J connectivity index is 1.70. The summed E-state index contributed by atoms with van der Waals surface area (Å²) in [5.41, 5.74) is 4.68. The number of carbonyl (C=O) groups is 2. The van der Waals surface area contributed by atoms with E-state index in [1.165, 1.54) is 4.90 Å². The fourth-order valence-electron chi connectivity index (χ4n) is 4.76. The van der Waals surface area contributed by atoms with Crippen LogP contribution in [0, 0.1) is 6.92 Å². The number of anilines is 1. The molecule has 0 atom stereocenters. The molecular weight excluding hydrogens is 464 g/mol. The molecule has 3 aromatic carbocycles. The van der Waals surface area contributed by atoms with Gasteiger partial charge in [-0.15, -0.1) is 20.4 Å². The smallest absolute Gasteiger partial charge is 0.261 e. The number of benzene rings is 3. The molecule has 0 aliphatic carbocycles. The van der Waals surface area contributed by atoms with Crippen molar-refractivity contribution >= 4 is 28.3 Å². The highest BCUT2D eigenvalue weighted by Gasteiger charge is 2.33. The van der Waals surface area contributed by atoms with Crippen molar-refractivity contribution in [1.82, 2.24) is 25.3 Å². The number of carbonyl (C=O) groups excluding carboxylic acids is 2. The summed E-state index contributed by atoms with van der Waals surface area (Å²) < 4.78 is 0. The average Bonchev–Trinajstić information content (AvgIpc) is 2.92. The number of nitrogens with zero attached hydrogens (tertiary/aromatic N) is 5. The summed E-state index contributed by atoms with van der Waals surface area (Å²) in [5, 5.41) is 21.6. The van der Waals surface area contributed by atoms with Crippen LogP contribution in [0.15, 0.2) is 48.5 Å². The van der Waals surface area contributed by atoms with Crippen molar-refractivity contribution in [2.45, 2.75) is 46.5 Å². The van der Waals surface area contributed by atoms with E-state index >= 15 is 0 Å². The lowest BCUT2D eigenvalue weighted by Gasteiger charge is -2.29. The maximum Gasteiger partial charge on any atom is 0.261 e. The van der Waals surface area contributed by atoms with Gasteiger partial charge in [0.25, 0.3) is 11.8 Å². The number of amides is 2. The first-order valence-electron chi connectivity index (χ1n) is 12.9. The largest absolute Gasteiger partial charge is 0.385 e. The van der Waals surface area contributed by atoms with Gasteiger partial charge in [-0.1, -0.05) is 51.0 Å². The zero-order valence-electron chi connectivity index (χ0n) is 21.4. The number of imide groups is 1. The SMILES string of the molecule is CCCCNc1ccc2c3c(ccc(-c4cccc(-c5nnc(C)nn5)c4)c13)C(=O)N(CCCC)C2=O. The molecule has 0 spiro atoms. The lowest BCUT2D eigenvalue weighted by Crippen LogP contribution is -2.40. The molecule has 0 fully saturated rings. The van der Waals surface area contributed by atoms with Crippen molar-refractivity contribution in [1.29, 1.82) is 0 Å². The Labute approximate surface area is 216 Å². The summed E-state index contributed by atoms with van der Waals surface area (Å²) in [5.74, 6) is 0.487. The molecule has 0 unspecified atom stereocenters. The van der Waals surface area contributed by atoms with Crippen molar-refractivity contribution in [3.05, 3.63) is 65.5 Å². The van der Waals surface area contributed by atoms with E-state index in [1.807, 2.05) is 48.5 Å². The summed E-state index contributed by atoms with van der Waals surface area (Å²) in [4.78, 5) is 28.3. The molecule has 5 rings (SSSR count). The summed E-state index contributed by atoms with van der Waals surface area (Å²) in [7, 11) is 0. The second-order valence-corrected chi connectivity index (χ2v) is 9.32. The third kappa shape index (κ3) is 4.55. The monoisotopic (exact) mass is 494 g/mol. The zero-order valence-corrected chi connectivity index (χ0v) is 21.4. The fourth-order valence-corrected chi connectivity index (χ4v) is 4.76. The molecule has 8 nitrogen and oxygen atoms in total. The predicted molar refractivity (Wildman–Crippen MR) is 144 cm³/mol. The van der Waals surface area contributed by atoms with Crippen molar-refractivity contribution in [3.8, 4) is 22.5 Å². The average molecular weight is 495 g/mol. The van der Waals surface area contributed by atoms with Crippen molar-refractivity contribution in [3.63, 3.8) is 0 Å². The second kappa shape index (κ2) is 10.4. The molecule has 0 radical (unpaired) electrons. The molecule has 188 valence electrons. The molecule has 2 heterocycles. The summed E-state index contributed by atoms with van der Waals surface area (Å²) >= 11 is 0. The third-order valence-corrected chi connectivity index (χ3v) is 6.70. The van der Waals surface area contributed by atoms with Crippen molar-refractivity contribution in [2.75, 3.05) is 18.4 Å². The Kier molecular flexibility index (Phi) is 6.90. The molecule has 8 heteroatoms. The van der Waals surface area contributed by atoms with E-state index in [4.69, 9.17) is 0 Å². The summed E-state index contributed by atoms with van der Waals surface area (Å²) in [6.45, 7) is 7.17. The summed E-state index contributed by atoms with van der Waals surface area (Å²) in [6.07, 6.45) is 3.76. The highest BCUT2D eigenvalue weighted by molar-refractivity contribution is 6.28. The predicted octanol–water partition coefficient (Wildman–Crippen LogP) is 5.67. The van der Waals surface area contributed by atoms with Gasteiger partial charge in [0.15, 0.2) is 5.82 Å². The van der Waals surface area contributed by atoms with Gasteiger partial charge in [-0.05, 0) is 55.2 Å². The molecule has 1 aromatic heterocycles. The molecule has 2 amide bonds. The van der Waals surface area contributed by atoms with Crippen molar-refractivity contribution in [2.24, 2.45) is 0 Å². The zero-order chi connectivity index (χ0) is 25.9. The fraction of sp³-hybridized carbons (Fsp3) is 0.310. The lowest BCUT2D eigenvalue weighted by molar-refractivity contribution is 0.0608. The Hall–Kier alpha value is -4.20. The third-order valence-electron chi connectivity index (χ3n) is 6.70. The minimum atomic E-state index is -0.229. The van der Waals surface area contributed by atoms with Gasteiger partial charge in [0.05, 0.1) is 0 Å². The number of rotatable bonds is 9. The second-order valence-electron chi connectivity index (χ2n) is 9.32. The number of aromatic nitrogens is 4. The lowest BCUT2D eigenvalue weighted by atomic mass is 9.87. The molecule has 1 aliphatic rings. The van der Waals surface area contributed by atoms with Crippen LogP contribution in [-0.2, 0) is 0 Å². The van der Waals surface area contributed by atoms with Gasteiger partial charge in [-0.2, -0.15) is 0 Å². The topological polar surface area (TPSA) is 101 Å². The van der Waals surface area contributed by atoms with E-state index in [1.54, 1.807) is 6.92 Å². The Morgan fingerprint density at radius 1 is 0.757 bits per heavy atom. The first-order valence-corrected chi connectivity index (χ1v) is 12.9. The van der Waals surface area contributed by atoms with Gasteiger partial charge in [0.1, 0.15) is 0 Å². The number of hydrogen-bond donors (Lipinski definition) is 1. The van der Waals surface area contributed by atoms with E-state index in [0.717, 1.165) is 60.0 Å². The van der Waals surface area contributed by atoms with Crippen molar-refractivity contribution < 1.29 is 9.59 Å². The molecular formula is C29H30N6O2. The maximum absolute atomic E-state index is 13.5. The molecule has 37 heavy (non-hydrogen) atoms. The molecule has 1 aliphatic heterocycles. The van der Waals surface area contributed by atoms with Gasteiger partial charge in [0, 0.05) is 46.2 Å². The highest BCUT2D eigenvalue weighted by atomic mass is 16.2. The van der Waals surface area contributed by atoms with Gasteiger partial charge in [-0.25, -0.2) is 0 Å². The van der Waals surface area contributed by atoms with E-state index in [2.05, 4.69) is 39.6 Å². The van der Waals surface area contributed by atoms with Gasteiger partial charge in [-0.3, -0.25) is 14.5 Å². The number of hydrogen-bond acceptors (Lipinski definition) is 7. The number of aryl methyl sites for hydroxylation is 1. The van der Waals surface area contributed by atoms with Crippen LogP contribution in [0.2, 0.25) is 0 Å². The van der Waals surface area contributed by atoms with Crippen LogP contribution in [0.4, 0.5) is 5.69 Å². The normalized spacial score (nSPS) is 12.9. The first kappa shape index (κ1) is 24.5. The van der Waals surface area contributed by atoms with Crippen LogP contribution in [-0.4, -0.2) is 50.2 Å². The van der Waals surface area contributed by atoms with Gasteiger partial charge in [0.2, 0.25) is 5.82 Å². The van der Waals surface area contributed by atoms with E-state index < -0.39 is 0 Å². The molecule has 0 saturated heterocycles. The Morgan fingerprint density at radius 3 is 2.11 bits per heavy atom. The van der Waals surface area contributed by atoms with Crippen LogP contribution in [0.1, 0.15) is 66.1 Å². The minimum Gasteiger partial charge on any atom is -0.385 e. The quantitative estimate of drug-likeness (QED) is 0.236. The molecule has 1 N–H and O–H groups in total. The van der Waals surface area contributed by atoms with Crippen LogP contribution in [0.25, 0.3) is 33.3 Å². The Morgan fingerprint density at radius 2 is 1.41 bits per heavy atom. The molecule has 4 aromatic rings. The van der Waals surface area contributed by atoms with Crippen LogP contribution in [0.5, 0.6) is 0 Å². The van der Waals surface area contributed by atoms with Gasteiger partial charge < -0.3 is 5.32 Å². The van der Waals surface area contributed by atoms with E-state index in [0.29, 0.717) is 34.7 Å². The van der Waals surface area contributed by atoms with Crippen LogP contribution >= 0.6 is 0 Å². The van der Waals surface area contributed by atoms with E-state index in [9.17, 15) is 9.59 Å². The highest BCUT2D eigenvalue weighted by Crippen LogP contribution is 2.41. The summed E-state index contributed by atoms with van der Waals surface area (Å²) in [6, 6.07) is 15.5. The molecule has 0 saturated carbocycles. The number of unbranched alkanes of at least 4 members (excludes halogenated alkanes) is 2. The first-order chi connectivity index (χ1) is 18.0. The Bertz CT molecular complexity index is 1460. The minimum absolute atomic E-state index is 0.229. The van der Waals surface area contributed by atoms with E-state index in [-0.39, 0.29) is 11.8 Å². The van der Waals surface area contributed by atoms with Gasteiger partial charge >= 0.3 is 0 Å². The van der Waals surface area contributed by atoms with Crippen LogP contribution in [0.3, 0.4) is 0 Å². The number of nitrogens with one attached hydrogen (secondary N) is 1. The standard InChI is InChI=1S/C29H30N6O2/c1-4-6-15-30-24-14-13-23-25-22(28(36)35(29(23)37)16-7-5-2)12-11-21(26(24)25)19-9-8-10-20(17-19)27-33-31-18(3)32-34-27/h8-14,17,30H,4-7,15-16H2,1-3H3. The maximum atomic E-state index is 13.5.